The van der Waals surface area contributed by atoms with Crippen molar-refractivity contribution >= 4 is 8.32 Å². The van der Waals surface area contributed by atoms with Gasteiger partial charge in [-0.2, -0.15) is 0 Å². The van der Waals surface area contributed by atoms with Gasteiger partial charge in [0.25, 0.3) is 0 Å². The molecule has 1 aliphatic rings. The summed E-state index contributed by atoms with van der Waals surface area (Å²) in [6.07, 6.45) is 20.1. The second kappa shape index (κ2) is 13.6. The molecule has 1 fully saturated rings. The normalized spacial score (nSPS) is 17.2. The maximum absolute atomic E-state index is 6.37. The van der Waals surface area contributed by atoms with Crippen molar-refractivity contribution in [1.29, 1.82) is 0 Å². The Morgan fingerprint density at radius 1 is 0.636 bits per heavy atom. The van der Waals surface area contributed by atoms with Crippen molar-refractivity contribution in [2.24, 2.45) is 0 Å². The first-order valence-electron chi connectivity index (χ1n) is 10.5. The molecule has 1 aliphatic heterocycles. The van der Waals surface area contributed by atoms with Crippen molar-refractivity contribution in [2.75, 3.05) is 6.61 Å². The summed E-state index contributed by atoms with van der Waals surface area (Å²) in [5.41, 5.74) is 0. The van der Waals surface area contributed by atoms with Gasteiger partial charge in [0, 0.05) is 6.61 Å². The molecular weight excluding hydrogens is 284 g/mol. The van der Waals surface area contributed by atoms with Crippen molar-refractivity contribution in [3.05, 3.63) is 0 Å². The van der Waals surface area contributed by atoms with Crippen LogP contribution in [0.1, 0.15) is 104 Å². The zero-order valence-corrected chi connectivity index (χ0v) is 16.6. The molecule has 1 rings (SSSR count). The van der Waals surface area contributed by atoms with Crippen molar-refractivity contribution < 1.29 is 4.43 Å². The lowest BCUT2D eigenvalue weighted by atomic mass is 10.1. The standard InChI is InChI=1S/C20H42OSi/c1-3-5-6-7-8-9-10-11-12-13-14-15-18-21-22(4-2)19-16-17-20-22/h3-20H2,1-2H3. The van der Waals surface area contributed by atoms with Crippen LogP contribution in [0.5, 0.6) is 0 Å². The molecule has 0 unspecified atom stereocenters. The largest absolute Gasteiger partial charge is 0.417 e. The Balaban J connectivity index is 1.78. The average Bonchev–Trinajstić information content (AvgIpc) is 3.01. The van der Waals surface area contributed by atoms with Crippen LogP contribution in [0.15, 0.2) is 0 Å². The van der Waals surface area contributed by atoms with E-state index in [2.05, 4.69) is 13.8 Å². The summed E-state index contributed by atoms with van der Waals surface area (Å²) in [6.45, 7) is 5.72. The van der Waals surface area contributed by atoms with Crippen LogP contribution in [-0.4, -0.2) is 14.9 Å². The van der Waals surface area contributed by atoms with Gasteiger partial charge in [-0.15, -0.1) is 0 Å². The highest BCUT2D eigenvalue weighted by atomic mass is 28.4. The lowest BCUT2D eigenvalue weighted by Crippen LogP contribution is -2.33. The van der Waals surface area contributed by atoms with Crippen molar-refractivity contribution in [3.8, 4) is 0 Å². The third-order valence-electron chi connectivity index (χ3n) is 5.57. The highest BCUT2D eigenvalue weighted by Gasteiger charge is 2.36. The van der Waals surface area contributed by atoms with E-state index in [1.54, 1.807) is 0 Å². The minimum Gasteiger partial charge on any atom is -0.417 e. The number of hydrogen-bond donors (Lipinski definition) is 0. The molecule has 2 heteroatoms. The van der Waals surface area contributed by atoms with Gasteiger partial charge in [0.2, 0.25) is 0 Å². The Labute approximate surface area is 141 Å². The van der Waals surface area contributed by atoms with E-state index in [4.69, 9.17) is 4.43 Å². The number of hydrogen-bond acceptors (Lipinski definition) is 1. The zero-order chi connectivity index (χ0) is 15.9. The summed E-state index contributed by atoms with van der Waals surface area (Å²) < 4.78 is 6.37. The molecule has 0 amide bonds. The summed E-state index contributed by atoms with van der Waals surface area (Å²) in [4.78, 5) is 0. The fourth-order valence-electron chi connectivity index (χ4n) is 3.85. The van der Waals surface area contributed by atoms with Gasteiger partial charge in [0.05, 0.1) is 0 Å². The first-order valence-corrected chi connectivity index (χ1v) is 13.0. The molecule has 0 atom stereocenters. The Bertz CT molecular complexity index is 236. The Kier molecular flexibility index (Phi) is 12.5. The van der Waals surface area contributed by atoms with Gasteiger partial charge in [0.15, 0.2) is 8.32 Å². The highest BCUT2D eigenvalue weighted by molar-refractivity contribution is 6.74. The van der Waals surface area contributed by atoms with E-state index >= 15 is 0 Å². The highest BCUT2D eigenvalue weighted by Crippen LogP contribution is 2.34. The van der Waals surface area contributed by atoms with E-state index < -0.39 is 8.32 Å². The van der Waals surface area contributed by atoms with E-state index in [-0.39, 0.29) is 0 Å². The van der Waals surface area contributed by atoms with Crippen LogP contribution in [0.25, 0.3) is 0 Å². The molecule has 1 nitrogen and oxygen atoms in total. The molecule has 0 spiro atoms. The van der Waals surface area contributed by atoms with Crippen LogP contribution >= 0.6 is 0 Å². The van der Waals surface area contributed by atoms with Crippen LogP contribution < -0.4 is 0 Å². The predicted molar refractivity (Wildman–Crippen MR) is 102 cm³/mol. The quantitative estimate of drug-likeness (QED) is 0.224. The van der Waals surface area contributed by atoms with Gasteiger partial charge in [-0.1, -0.05) is 97.3 Å². The molecule has 0 saturated carbocycles. The lowest BCUT2D eigenvalue weighted by Gasteiger charge is -2.25. The van der Waals surface area contributed by atoms with E-state index in [0.717, 1.165) is 6.61 Å². The first-order chi connectivity index (χ1) is 10.8. The molecule has 0 aliphatic carbocycles. The maximum atomic E-state index is 6.37. The third kappa shape index (κ3) is 9.35. The SMILES string of the molecule is CCCCCCCCCCCCCCO[Si]1(CC)CCCC1. The van der Waals surface area contributed by atoms with Gasteiger partial charge in [-0.05, 0) is 24.6 Å². The number of unbranched alkanes of at least 4 members (excludes halogenated alkanes) is 11. The van der Waals surface area contributed by atoms with Crippen molar-refractivity contribution in [3.63, 3.8) is 0 Å². The second-order valence-electron chi connectivity index (χ2n) is 7.48. The molecule has 0 aromatic carbocycles. The van der Waals surface area contributed by atoms with Crippen LogP contribution in [0.4, 0.5) is 0 Å². The molecule has 0 N–H and O–H groups in total. The smallest absolute Gasteiger partial charge is 0.192 e. The first kappa shape index (κ1) is 20.2. The second-order valence-corrected chi connectivity index (χ2v) is 11.8. The summed E-state index contributed by atoms with van der Waals surface area (Å²) >= 11 is 0. The van der Waals surface area contributed by atoms with Gasteiger partial charge >= 0.3 is 0 Å². The summed E-state index contributed by atoms with van der Waals surface area (Å²) in [5.74, 6) is 0. The minimum atomic E-state index is -1.21. The molecule has 0 radical (unpaired) electrons. The van der Waals surface area contributed by atoms with E-state index in [9.17, 15) is 0 Å². The van der Waals surface area contributed by atoms with Gasteiger partial charge in [-0.3, -0.25) is 0 Å². The molecule has 0 aromatic rings. The summed E-state index contributed by atoms with van der Waals surface area (Å²) in [7, 11) is -1.21. The fraction of sp³-hybridized carbons (Fsp3) is 1.00. The van der Waals surface area contributed by atoms with E-state index in [1.807, 2.05) is 0 Å². The Morgan fingerprint density at radius 2 is 1.09 bits per heavy atom. The van der Waals surface area contributed by atoms with Crippen molar-refractivity contribution in [2.45, 2.75) is 122 Å². The Hall–Kier alpha value is 0.177. The molecule has 1 saturated heterocycles. The third-order valence-corrected chi connectivity index (χ3v) is 10.2. The van der Waals surface area contributed by atoms with Gasteiger partial charge in [0.1, 0.15) is 0 Å². The van der Waals surface area contributed by atoms with Crippen LogP contribution in [0.2, 0.25) is 18.1 Å². The van der Waals surface area contributed by atoms with Gasteiger partial charge in [-0.25, -0.2) is 0 Å². The number of rotatable bonds is 15. The topological polar surface area (TPSA) is 9.23 Å². The van der Waals surface area contributed by atoms with Crippen LogP contribution in [0.3, 0.4) is 0 Å². The van der Waals surface area contributed by atoms with Gasteiger partial charge < -0.3 is 4.43 Å². The summed E-state index contributed by atoms with van der Waals surface area (Å²) in [6, 6.07) is 4.24. The molecule has 22 heavy (non-hydrogen) atoms. The molecule has 132 valence electrons. The van der Waals surface area contributed by atoms with E-state index in [0.29, 0.717) is 0 Å². The van der Waals surface area contributed by atoms with Crippen LogP contribution in [-0.2, 0) is 4.43 Å². The molecule has 0 bridgehead atoms. The molecular formula is C20H42OSi. The Morgan fingerprint density at radius 3 is 1.55 bits per heavy atom. The average molecular weight is 327 g/mol. The van der Waals surface area contributed by atoms with E-state index in [1.165, 1.54) is 108 Å². The lowest BCUT2D eigenvalue weighted by molar-refractivity contribution is 0.290. The van der Waals surface area contributed by atoms with Crippen LogP contribution in [0, 0.1) is 0 Å². The maximum Gasteiger partial charge on any atom is 0.192 e. The summed E-state index contributed by atoms with van der Waals surface area (Å²) in [5, 5.41) is 0. The zero-order valence-electron chi connectivity index (χ0n) is 15.6. The molecule has 0 aromatic heterocycles. The van der Waals surface area contributed by atoms with Crippen molar-refractivity contribution in [1.82, 2.24) is 0 Å². The monoisotopic (exact) mass is 326 g/mol. The molecule has 1 heterocycles. The fourth-order valence-corrected chi connectivity index (χ4v) is 7.67. The minimum absolute atomic E-state index is 1.07. The predicted octanol–water partition coefficient (Wildman–Crippen LogP) is 7.46.